The molecule has 1 amide bonds. The van der Waals surface area contributed by atoms with Crippen LogP contribution < -0.4 is 5.32 Å². The van der Waals surface area contributed by atoms with Crippen molar-refractivity contribution < 1.29 is 24.5 Å². The third kappa shape index (κ3) is 3.36. The van der Waals surface area contributed by atoms with Gasteiger partial charge < -0.3 is 25.0 Å². The van der Waals surface area contributed by atoms with Gasteiger partial charge in [0.1, 0.15) is 12.2 Å². The van der Waals surface area contributed by atoms with Crippen LogP contribution in [0, 0.1) is 0 Å². The van der Waals surface area contributed by atoms with Gasteiger partial charge in [-0.05, 0) is 6.08 Å². The summed E-state index contributed by atoms with van der Waals surface area (Å²) in [4.78, 5) is 12.3. The van der Waals surface area contributed by atoms with E-state index in [-0.39, 0.29) is 25.5 Å². The molecule has 4 rings (SSSR count). The lowest BCUT2D eigenvalue weighted by Crippen LogP contribution is -2.41. The van der Waals surface area contributed by atoms with Gasteiger partial charge in [0.15, 0.2) is 0 Å². The molecule has 3 atom stereocenters. The van der Waals surface area contributed by atoms with Crippen LogP contribution in [0.4, 0.5) is 0 Å². The zero-order chi connectivity index (χ0) is 19.6. The second-order valence-electron chi connectivity index (χ2n) is 6.96. The molecule has 1 aliphatic heterocycles. The molecule has 6 nitrogen and oxygen atoms in total. The fourth-order valence-electron chi connectivity index (χ4n) is 3.78. The summed E-state index contributed by atoms with van der Waals surface area (Å²) in [5, 5.41) is 22.2. The molecule has 1 fully saturated rings. The van der Waals surface area contributed by atoms with Gasteiger partial charge >= 0.3 is 0 Å². The van der Waals surface area contributed by atoms with E-state index in [0.29, 0.717) is 5.57 Å². The van der Waals surface area contributed by atoms with Crippen molar-refractivity contribution in [2.45, 2.75) is 30.5 Å². The van der Waals surface area contributed by atoms with Crippen molar-refractivity contribution in [3.8, 4) is 0 Å². The molecule has 0 bridgehead atoms. The molecular formula is C22H23NO5. The fourth-order valence-corrected chi connectivity index (χ4v) is 3.78. The quantitative estimate of drug-likeness (QED) is 0.730. The molecule has 1 saturated heterocycles. The van der Waals surface area contributed by atoms with Gasteiger partial charge in [0, 0.05) is 29.7 Å². The number of carbonyl (C=O) groups excluding carboxylic acids is 1. The summed E-state index contributed by atoms with van der Waals surface area (Å²) in [7, 11) is 0. The van der Waals surface area contributed by atoms with Gasteiger partial charge in [0.2, 0.25) is 11.7 Å². The number of aliphatic hydroxyl groups excluding tert-OH is 2. The molecule has 146 valence electrons. The normalized spacial score (nSPS) is 25.6. The van der Waals surface area contributed by atoms with E-state index < -0.39 is 24.1 Å². The van der Waals surface area contributed by atoms with Crippen LogP contribution in [0.3, 0.4) is 0 Å². The summed E-state index contributed by atoms with van der Waals surface area (Å²) < 4.78 is 12.8. The number of benzene rings is 2. The minimum absolute atomic E-state index is 0.141. The van der Waals surface area contributed by atoms with Crippen molar-refractivity contribution in [1.29, 1.82) is 0 Å². The van der Waals surface area contributed by atoms with Crippen LogP contribution in [0.2, 0.25) is 0 Å². The Labute approximate surface area is 163 Å². The lowest BCUT2D eigenvalue weighted by molar-refractivity contribution is -0.156. The summed E-state index contributed by atoms with van der Waals surface area (Å²) in [6, 6.07) is 19.2. The standard InChI is InChI=1S/C22H23NO5/c24-12-11-23-21(26)15-13-18(25)20-19(14-15)27-22(28-20,16-7-3-1-4-8-16)17-9-5-2-6-10-17/h1-10,14,18-20,24-25H,11-13H2,(H,23,26). The van der Waals surface area contributed by atoms with E-state index in [1.165, 1.54) is 0 Å². The Hall–Kier alpha value is -2.51. The van der Waals surface area contributed by atoms with Crippen molar-refractivity contribution in [2.24, 2.45) is 0 Å². The van der Waals surface area contributed by atoms with Crippen LogP contribution in [0.15, 0.2) is 72.3 Å². The van der Waals surface area contributed by atoms with Crippen molar-refractivity contribution in [3.05, 3.63) is 83.4 Å². The monoisotopic (exact) mass is 381 g/mol. The third-order valence-electron chi connectivity index (χ3n) is 5.10. The van der Waals surface area contributed by atoms with Crippen LogP contribution in [-0.4, -0.2) is 47.6 Å². The first-order chi connectivity index (χ1) is 13.6. The lowest BCUT2D eigenvalue weighted by atomic mass is 9.92. The van der Waals surface area contributed by atoms with Crippen LogP contribution in [0.5, 0.6) is 0 Å². The molecular weight excluding hydrogens is 358 g/mol. The SMILES string of the molecule is O=C(NCCO)C1=CC2OC(c3ccccc3)(c3ccccc3)OC2C(O)C1. The Balaban J connectivity index is 1.71. The Bertz CT molecular complexity index is 812. The molecule has 1 heterocycles. The second-order valence-corrected chi connectivity index (χ2v) is 6.96. The number of hydrogen-bond acceptors (Lipinski definition) is 5. The van der Waals surface area contributed by atoms with Crippen molar-refractivity contribution in [1.82, 2.24) is 5.32 Å². The number of nitrogens with one attached hydrogen (secondary N) is 1. The van der Waals surface area contributed by atoms with E-state index in [4.69, 9.17) is 14.6 Å². The molecule has 1 aliphatic carbocycles. The number of hydrogen-bond donors (Lipinski definition) is 3. The number of ether oxygens (including phenoxy) is 2. The summed E-state index contributed by atoms with van der Waals surface area (Å²) in [5.74, 6) is -1.47. The molecule has 0 saturated carbocycles. The molecule has 0 radical (unpaired) electrons. The van der Waals surface area contributed by atoms with E-state index in [1.807, 2.05) is 60.7 Å². The Morgan fingerprint density at radius 2 is 1.64 bits per heavy atom. The van der Waals surface area contributed by atoms with Crippen LogP contribution >= 0.6 is 0 Å². The Morgan fingerprint density at radius 3 is 2.21 bits per heavy atom. The Morgan fingerprint density at radius 1 is 1.04 bits per heavy atom. The Kier molecular flexibility index (Phi) is 5.28. The molecule has 2 aliphatic rings. The van der Waals surface area contributed by atoms with Crippen LogP contribution in [0.25, 0.3) is 0 Å². The number of amides is 1. The largest absolute Gasteiger partial charge is 0.395 e. The van der Waals surface area contributed by atoms with Crippen molar-refractivity contribution >= 4 is 5.91 Å². The minimum atomic E-state index is -1.16. The topological polar surface area (TPSA) is 88.0 Å². The molecule has 0 aromatic heterocycles. The predicted molar refractivity (Wildman–Crippen MR) is 102 cm³/mol. The first kappa shape index (κ1) is 18.8. The molecule has 2 aromatic rings. The molecule has 2 aromatic carbocycles. The lowest BCUT2D eigenvalue weighted by Gasteiger charge is -2.29. The summed E-state index contributed by atoms with van der Waals surface area (Å²) in [5.41, 5.74) is 2.08. The predicted octanol–water partition coefficient (Wildman–Crippen LogP) is 1.47. The van der Waals surface area contributed by atoms with Gasteiger partial charge in [-0.15, -0.1) is 0 Å². The van der Waals surface area contributed by atoms with Gasteiger partial charge in [-0.1, -0.05) is 60.7 Å². The highest BCUT2D eigenvalue weighted by atomic mass is 16.8. The highest BCUT2D eigenvalue weighted by Gasteiger charge is 2.53. The third-order valence-corrected chi connectivity index (χ3v) is 5.10. The summed E-state index contributed by atoms with van der Waals surface area (Å²) in [6.45, 7) is 0.0219. The molecule has 6 heteroatoms. The fraction of sp³-hybridized carbons (Fsp3) is 0.318. The zero-order valence-corrected chi connectivity index (χ0v) is 15.3. The average molecular weight is 381 g/mol. The molecule has 3 unspecified atom stereocenters. The number of aliphatic hydroxyl groups is 2. The molecule has 0 spiro atoms. The van der Waals surface area contributed by atoms with Crippen LogP contribution in [0.1, 0.15) is 17.5 Å². The number of rotatable bonds is 5. The number of carbonyl (C=O) groups is 1. The first-order valence-electron chi connectivity index (χ1n) is 9.38. The molecule has 28 heavy (non-hydrogen) atoms. The van der Waals surface area contributed by atoms with E-state index in [9.17, 15) is 9.90 Å². The maximum Gasteiger partial charge on any atom is 0.247 e. The summed E-state index contributed by atoms with van der Waals surface area (Å²) >= 11 is 0. The van der Waals surface area contributed by atoms with E-state index in [2.05, 4.69) is 5.32 Å². The van der Waals surface area contributed by atoms with Crippen molar-refractivity contribution in [3.63, 3.8) is 0 Å². The van der Waals surface area contributed by atoms with Gasteiger partial charge in [-0.25, -0.2) is 0 Å². The maximum absolute atomic E-state index is 12.3. The van der Waals surface area contributed by atoms with Crippen molar-refractivity contribution in [2.75, 3.05) is 13.2 Å². The smallest absolute Gasteiger partial charge is 0.247 e. The second kappa shape index (κ2) is 7.85. The van der Waals surface area contributed by atoms with E-state index in [0.717, 1.165) is 11.1 Å². The van der Waals surface area contributed by atoms with E-state index >= 15 is 0 Å². The van der Waals surface area contributed by atoms with Gasteiger partial charge in [-0.3, -0.25) is 4.79 Å². The van der Waals surface area contributed by atoms with Gasteiger partial charge in [-0.2, -0.15) is 0 Å². The zero-order valence-electron chi connectivity index (χ0n) is 15.3. The van der Waals surface area contributed by atoms with E-state index in [1.54, 1.807) is 6.08 Å². The number of fused-ring (bicyclic) bond motifs is 1. The summed E-state index contributed by atoms with van der Waals surface area (Å²) in [6.07, 6.45) is -0.146. The highest BCUT2D eigenvalue weighted by Crippen LogP contribution is 2.46. The average Bonchev–Trinajstić information content (AvgIpc) is 3.15. The molecule has 3 N–H and O–H groups in total. The van der Waals surface area contributed by atoms with Gasteiger partial charge in [0.25, 0.3) is 0 Å². The maximum atomic E-state index is 12.3. The highest BCUT2D eigenvalue weighted by molar-refractivity contribution is 5.93. The first-order valence-corrected chi connectivity index (χ1v) is 9.38. The minimum Gasteiger partial charge on any atom is -0.395 e. The van der Waals surface area contributed by atoms with Crippen LogP contribution in [-0.2, 0) is 20.1 Å². The van der Waals surface area contributed by atoms with Gasteiger partial charge in [0.05, 0.1) is 12.7 Å².